The van der Waals surface area contributed by atoms with Crippen molar-refractivity contribution in [2.24, 2.45) is 0 Å². The minimum absolute atomic E-state index is 0.0600. The van der Waals surface area contributed by atoms with Crippen LogP contribution in [0.5, 0.6) is 0 Å². The van der Waals surface area contributed by atoms with Gasteiger partial charge < -0.3 is 4.89 Å². The van der Waals surface area contributed by atoms with Gasteiger partial charge in [-0.25, -0.2) is 0 Å². The van der Waals surface area contributed by atoms with Crippen LogP contribution in [-0.4, -0.2) is 22.1 Å². The molecule has 0 aromatic heterocycles. The number of rotatable bonds is 2. The van der Waals surface area contributed by atoms with E-state index in [1.165, 1.54) is 6.66 Å². The molecule has 106 valence electrons. The molecule has 0 spiro atoms. The van der Waals surface area contributed by atoms with Gasteiger partial charge in [0, 0.05) is 11.4 Å². The summed E-state index contributed by atoms with van der Waals surface area (Å²) in [5, 5.41) is 4.17. The molecule has 0 aliphatic carbocycles. The summed E-state index contributed by atoms with van der Waals surface area (Å²) in [5.74, 6) is -0.440. The van der Waals surface area contributed by atoms with Crippen molar-refractivity contribution in [2.45, 2.75) is 29.8 Å². The molecule has 3 unspecified atom stereocenters. The van der Waals surface area contributed by atoms with Crippen molar-refractivity contribution in [3.63, 3.8) is 0 Å². The quantitative estimate of drug-likeness (QED) is 0.787. The molecule has 19 heavy (non-hydrogen) atoms. The Balaban J connectivity index is 2.30. The van der Waals surface area contributed by atoms with E-state index in [9.17, 15) is 9.46 Å². The van der Waals surface area contributed by atoms with Crippen molar-refractivity contribution in [1.29, 1.82) is 0 Å². The van der Waals surface area contributed by atoms with E-state index in [0.29, 0.717) is 10.0 Å². The molecule has 0 amide bonds. The first-order valence-corrected chi connectivity index (χ1v) is 9.61. The second-order valence-electron chi connectivity index (χ2n) is 5.29. The topological polar surface area (TPSA) is 49.3 Å². The maximum absolute atomic E-state index is 12.0. The van der Waals surface area contributed by atoms with Crippen LogP contribution in [0, 0.1) is 0 Å². The van der Waals surface area contributed by atoms with E-state index in [2.05, 4.69) is 5.32 Å². The van der Waals surface area contributed by atoms with E-state index in [4.69, 9.17) is 23.2 Å². The monoisotopic (exact) mass is 339 g/mol. The van der Waals surface area contributed by atoms with Crippen LogP contribution < -0.4 is 5.32 Å². The Morgan fingerprint density at radius 1 is 1.37 bits per heavy atom. The van der Waals surface area contributed by atoms with E-state index in [0.717, 1.165) is 5.56 Å². The Morgan fingerprint density at radius 3 is 2.47 bits per heavy atom. The van der Waals surface area contributed by atoms with E-state index >= 15 is 0 Å². The standard InChI is InChI=1S/C12H16Cl2NO2PS/c1-12(2)11(18(3,16)17)15-10(19-12)7-4-5-8(13)9(14)6-7/h4-6,10-11,15H,1-3H3,(H,16,17). The van der Waals surface area contributed by atoms with Gasteiger partial charge in [0.05, 0.1) is 21.2 Å². The van der Waals surface area contributed by atoms with Gasteiger partial charge in [0.15, 0.2) is 0 Å². The van der Waals surface area contributed by atoms with E-state index < -0.39 is 13.2 Å². The predicted octanol–water partition coefficient (Wildman–Crippen LogP) is 4.33. The molecule has 1 fully saturated rings. The molecule has 7 heteroatoms. The van der Waals surface area contributed by atoms with Gasteiger partial charge in [0.1, 0.15) is 0 Å². The van der Waals surface area contributed by atoms with Crippen LogP contribution in [-0.2, 0) is 4.57 Å². The molecule has 0 radical (unpaired) electrons. The smallest absolute Gasteiger partial charge is 0.215 e. The van der Waals surface area contributed by atoms with Gasteiger partial charge >= 0.3 is 0 Å². The van der Waals surface area contributed by atoms with E-state index in [-0.39, 0.29) is 10.1 Å². The summed E-state index contributed by atoms with van der Waals surface area (Å²) in [5.41, 5.74) is 0.962. The molecule has 1 aliphatic heterocycles. The van der Waals surface area contributed by atoms with Gasteiger partial charge in [0.25, 0.3) is 0 Å². The fourth-order valence-electron chi connectivity index (χ4n) is 2.30. The highest BCUT2D eigenvalue weighted by atomic mass is 35.5. The average Bonchev–Trinajstić information content (AvgIpc) is 2.58. The van der Waals surface area contributed by atoms with Crippen LogP contribution in [0.3, 0.4) is 0 Å². The Bertz CT molecular complexity index is 547. The molecular formula is C12H16Cl2NO2PS. The predicted molar refractivity (Wildman–Crippen MR) is 83.5 cm³/mol. The zero-order valence-corrected chi connectivity index (χ0v) is 14.1. The fraction of sp³-hybridized carbons (Fsp3) is 0.500. The fourth-order valence-corrected chi connectivity index (χ4v) is 6.35. The van der Waals surface area contributed by atoms with Crippen molar-refractivity contribution in [3.8, 4) is 0 Å². The maximum Gasteiger partial charge on any atom is 0.215 e. The maximum atomic E-state index is 12.0. The Hall–Kier alpha value is 0.300. The summed E-state index contributed by atoms with van der Waals surface area (Å²) >= 11 is 13.5. The molecule has 2 rings (SSSR count). The second kappa shape index (κ2) is 5.25. The molecule has 1 aliphatic rings. The van der Waals surface area contributed by atoms with Crippen molar-refractivity contribution in [2.75, 3.05) is 6.66 Å². The van der Waals surface area contributed by atoms with E-state index in [1.54, 1.807) is 23.9 Å². The minimum atomic E-state index is -3.21. The van der Waals surface area contributed by atoms with Gasteiger partial charge in [-0.3, -0.25) is 9.88 Å². The molecule has 2 N–H and O–H groups in total. The molecule has 3 atom stereocenters. The molecular weight excluding hydrogens is 324 g/mol. The Kier molecular flexibility index (Phi) is 4.33. The van der Waals surface area contributed by atoms with Crippen LogP contribution in [0.2, 0.25) is 10.0 Å². The highest BCUT2D eigenvalue weighted by Gasteiger charge is 2.48. The second-order valence-corrected chi connectivity index (χ2v) is 10.3. The molecule has 0 saturated carbocycles. The van der Waals surface area contributed by atoms with Gasteiger partial charge in [-0.15, -0.1) is 11.8 Å². The molecule has 3 nitrogen and oxygen atoms in total. The summed E-state index contributed by atoms with van der Waals surface area (Å²) < 4.78 is 11.6. The van der Waals surface area contributed by atoms with E-state index in [1.807, 2.05) is 19.9 Å². The van der Waals surface area contributed by atoms with Gasteiger partial charge in [-0.2, -0.15) is 0 Å². The third kappa shape index (κ3) is 3.31. The van der Waals surface area contributed by atoms with Crippen molar-refractivity contribution >= 4 is 42.3 Å². The summed E-state index contributed by atoms with van der Waals surface area (Å²) in [4.78, 5) is 9.85. The number of benzene rings is 1. The first-order valence-electron chi connectivity index (χ1n) is 5.80. The first kappa shape index (κ1) is 15.7. The van der Waals surface area contributed by atoms with Crippen molar-refractivity contribution < 1.29 is 9.46 Å². The third-order valence-electron chi connectivity index (χ3n) is 3.11. The zero-order chi connectivity index (χ0) is 14.4. The molecule has 1 aromatic carbocycles. The lowest BCUT2D eigenvalue weighted by Gasteiger charge is -2.26. The van der Waals surface area contributed by atoms with Gasteiger partial charge in [-0.1, -0.05) is 29.3 Å². The Morgan fingerprint density at radius 2 is 2.00 bits per heavy atom. The summed E-state index contributed by atoms with van der Waals surface area (Å²) in [6.45, 7) is 5.34. The summed E-state index contributed by atoms with van der Waals surface area (Å²) in [6, 6.07) is 5.42. The number of hydrogen-bond donors (Lipinski definition) is 2. The van der Waals surface area contributed by atoms with Crippen LogP contribution in [0.25, 0.3) is 0 Å². The number of hydrogen-bond acceptors (Lipinski definition) is 3. The number of thioether (sulfide) groups is 1. The first-order chi connectivity index (χ1) is 8.61. The molecule has 1 saturated heterocycles. The largest absolute Gasteiger partial charge is 0.343 e. The van der Waals surface area contributed by atoms with Crippen LogP contribution in [0.1, 0.15) is 24.8 Å². The highest BCUT2D eigenvalue weighted by molar-refractivity contribution is 8.01. The molecule has 0 bridgehead atoms. The number of halogens is 2. The van der Waals surface area contributed by atoms with Gasteiger partial charge in [0.2, 0.25) is 7.37 Å². The lowest BCUT2D eigenvalue weighted by molar-refractivity contribution is 0.437. The lowest BCUT2D eigenvalue weighted by Crippen LogP contribution is -2.36. The summed E-state index contributed by atoms with van der Waals surface area (Å²) in [6.07, 6.45) is 0. The SMILES string of the molecule is CC1(C)SC(c2ccc(Cl)c(Cl)c2)NC1P(C)(=O)O. The molecule has 1 aromatic rings. The Labute approximate surface area is 127 Å². The third-order valence-corrected chi connectivity index (χ3v) is 7.27. The van der Waals surface area contributed by atoms with Crippen LogP contribution in [0.15, 0.2) is 18.2 Å². The summed E-state index contributed by atoms with van der Waals surface area (Å²) in [7, 11) is -3.21. The average molecular weight is 340 g/mol. The van der Waals surface area contributed by atoms with Crippen LogP contribution >= 0.6 is 42.3 Å². The molecule has 1 heterocycles. The number of nitrogens with one attached hydrogen (secondary N) is 1. The normalized spacial score (nSPS) is 29.2. The zero-order valence-electron chi connectivity index (χ0n) is 10.9. The van der Waals surface area contributed by atoms with Crippen LogP contribution in [0.4, 0.5) is 0 Å². The van der Waals surface area contributed by atoms with Gasteiger partial charge in [-0.05, 0) is 31.5 Å². The van der Waals surface area contributed by atoms with Crippen molar-refractivity contribution in [1.82, 2.24) is 5.32 Å². The van der Waals surface area contributed by atoms with Crippen molar-refractivity contribution in [3.05, 3.63) is 33.8 Å². The highest BCUT2D eigenvalue weighted by Crippen LogP contribution is 2.58. The minimum Gasteiger partial charge on any atom is -0.343 e. The lowest BCUT2D eigenvalue weighted by atomic mass is 10.2.